The van der Waals surface area contributed by atoms with E-state index in [0.717, 1.165) is 16.8 Å². The van der Waals surface area contributed by atoms with Gasteiger partial charge in [-0.15, -0.1) is 0 Å². The number of fused-ring (bicyclic) bond motifs is 1. The zero-order chi connectivity index (χ0) is 25.4. The van der Waals surface area contributed by atoms with Crippen molar-refractivity contribution in [1.29, 1.82) is 0 Å². The monoisotopic (exact) mass is 552 g/mol. The maximum atomic E-state index is 14.8. The van der Waals surface area contributed by atoms with Gasteiger partial charge in [0.25, 0.3) is 5.91 Å². The van der Waals surface area contributed by atoms with E-state index in [1.807, 2.05) is 7.05 Å². The van der Waals surface area contributed by atoms with Crippen molar-refractivity contribution >= 4 is 38.6 Å². The normalized spacial score (nSPS) is 11.0. The fourth-order valence-electron chi connectivity index (χ4n) is 3.46. The standard InChI is InChI=1S/C24H15BrF2N6O3/c1-32-8-6-15-22(32)28-12-29-24(15)36-20-5-3-14(11-17(20)27)30-23(35)21-19(34)7-9-33(31-21)18-4-2-13(25)10-16(18)26/h2-12H,1H3,(H,30,35). The van der Waals surface area contributed by atoms with Gasteiger partial charge in [-0.1, -0.05) is 15.9 Å². The molecule has 0 bridgehead atoms. The van der Waals surface area contributed by atoms with Crippen molar-refractivity contribution in [2.24, 2.45) is 7.05 Å². The Morgan fingerprint density at radius 3 is 2.64 bits per heavy atom. The summed E-state index contributed by atoms with van der Waals surface area (Å²) >= 11 is 3.17. The van der Waals surface area contributed by atoms with E-state index in [4.69, 9.17) is 4.74 Å². The molecule has 9 nitrogen and oxygen atoms in total. The number of nitrogens with zero attached hydrogens (tertiary/aromatic N) is 5. The van der Waals surface area contributed by atoms with Gasteiger partial charge in [0.15, 0.2) is 17.3 Å². The average molecular weight is 553 g/mol. The third-order valence-corrected chi connectivity index (χ3v) is 5.69. The largest absolute Gasteiger partial charge is 0.435 e. The number of halogens is 3. The highest BCUT2D eigenvalue weighted by Gasteiger charge is 2.17. The Labute approximate surface area is 210 Å². The van der Waals surface area contributed by atoms with Crippen LogP contribution in [0.1, 0.15) is 10.5 Å². The van der Waals surface area contributed by atoms with E-state index in [-0.39, 0.29) is 23.0 Å². The molecule has 1 amide bonds. The lowest BCUT2D eigenvalue weighted by Gasteiger charge is -2.10. The van der Waals surface area contributed by atoms with E-state index in [1.54, 1.807) is 22.9 Å². The number of hydrogen-bond acceptors (Lipinski definition) is 6. The van der Waals surface area contributed by atoms with Crippen LogP contribution in [0.25, 0.3) is 16.7 Å². The Bertz CT molecular complexity index is 1700. The molecule has 0 fully saturated rings. The molecule has 12 heteroatoms. The number of benzene rings is 2. The van der Waals surface area contributed by atoms with Gasteiger partial charge in [-0.25, -0.2) is 23.4 Å². The smallest absolute Gasteiger partial charge is 0.280 e. The molecule has 0 spiro atoms. The molecule has 36 heavy (non-hydrogen) atoms. The lowest BCUT2D eigenvalue weighted by atomic mass is 10.2. The molecule has 180 valence electrons. The molecule has 0 aliphatic carbocycles. The average Bonchev–Trinajstić information content (AvgIpc) is 3.23. The van der Waals surface area contributed by atoms with Crippen LogP contribution in [-0.4, -0.2) is 30.2 Å². The highest BCUT2D eigenvalue weighted by Crippen LogP contribution is 2.30. The summed E-state index contributed by atoms with van der Waals surface area (Å²) in [6.07, 6.45) is 4.33. The summed E-state index contributed by atoms with van der Waals surface area (Å²) in [7, 11) is 1.81. The summed E-state index contributed by atoms with van der Waals surface area (Å²) in [5.41, 5.74) is -0.459. The third-order valence-electron chi connectivity index (χ3n) is 5.20. The van der Waals surface area contributed by atoms with Gasteiger partial charge in [0.1, 0.15) is 23.5 Å². The first-order chi connectivity index (χ1) is 17.3. The number of aromatic nitrogens is 5. The van der Waals surface area contributed by atoms with E-state index in [2.05, 4.69) is 36.3 Å². The first-order valence-electron chi connectivity index (χ1n) is 10.4. The molecule has 0 atom stereocenters. The maximum Gasteiger partial charge on any atom is 0.280 e. The van der Waals surface area contributed by atoms with Crippen molar-refractivity contribution in [3.8, 4) is 17.3 Å². The molecule has 0 radical (unpaired) electrons. The highest BCUT2D eigenvalue weighted by atomic mass is 79.9. The van der Waals surface area contributed by atoms with Gasteiger partial charge in [-0.2, -0.15) is 5.10 Å². The van der Waals surface area contributed by atoms with Gasteiger partial charge in [0.05, 0.1) is 5.39 Å². The van der Waals surface area contributed by atoms with Crippen molar-refractivity contribution < 1.29 is 18.3 Å². The van der Waals surface area contributed by atoms with E-state index in [1.165, 1.54) is 36.8 Å². The van der Waals surface area contributed by atoms with Crippen LogP contribution in [0.3, 0.4) is 0 Å². The molecular formula is C24H15BrF2N6O3. The van der Waals surface area contributed by atoms with Crippen molar-refractivity contribution in [1.82, 2.24) is 24.3 Å². The van der Waals surface area contributed by atoms with Crippen LogP contribution in [0, 0.1) is 11.6 Å². The predicted octanol–water partition coefficient (Wildman–Crippen LogP) is 4.60. The van der Waals surface area contributed by atoms with Crippen molar-refractivity contribution in [3.63, 3.8) is 0 Å². The zero-order valence-corrected chi connectivity index (χ0v) is 20.0. The number of carbonyl (C=O) groups excluding carboxylic acids is 1. The molecule has 0 saturated heterocycles. The van der Waals surface area contributed by atoms with Gasteiger partial charge in [0, 0.05) is 41.7 Å². The van der Waals surface area contributed by atoms with Crippen molar-refractivity contribution in [2.45, 2.75) is 0 Å². The summed E-state index contributed by atoms with van der Waals surface area (Å²) in [6, 6.07) is 10.8. The van der Waals surface area contributed by atoms with Crippen molar-refractivity contribution in [2.75, 3.05) is 5.32 Å². The summed E-state index contributed by atoms with van der Waals surface area (Å²) in [5, 5.41) is 6.99. The fraction of sp³-hybridized carbons (Fsp3) is 0.0417. The number of carbonyl (C=O) groups is 1. The van der Waals surface area contributed by atoms with E-state index < -0.39 is 28.7 Å². The quantitative estimate of drug-likeness (QED) is 0.341. The topological polar surface area (TPSA) is 104 Å². The number of aryl methyl sites for hydroxylation is 1. The molecule has 0 unspecified atom stereocenters. The summed E-state index contributed by atoms with van der Waals surface area (Å²) < 4.78 is 38.1. The van der Waals surface area contributed by atoms with Crippen LogP contribution in [0.15, 0.2) is 76.5 Å². The predicted molar refractivity (Wildman–Crippen MR) is 130 cm³/mol. The molecular weight excluding hydrogens is 538 g/mol. The van der Waals surface area contributed by atoms with Crippen LogP contribution in [0.5, 0.6) is 11.6 Å². The van der Waals surface area contributed by atoms with Crippen molar-refractivity contribution in [3.05, 3.63) is 99.3 Å². The number of hydrogen-bond donors (Lipinski definition) is 1. The van der Waals surface area contributed by atoms with Crippen LogP contribution in [0.4, 0.5) is 14.5 Å². The highest BCUT2D eigenvalue weighted by molar-refractivity contribution is 9.10. The van der Waals surface area contributed by atoms with E-state index in [9.17, 15) is 18.4 Å². The molecule has 2 aromatic carbocycles. The van der Waals surface area contributed by atoms with Gasteiger partial charge in [-0.05, 0) is 36.4 Å². The summed E-state index contributed by atoms with van der Waals surface area (Å²) in [6.45, 7) is 0. The molecule has 3 heterocycles. The van der Waals surface area contributed by atoms with Gasteiger partial charge >= 0.3 is 0 Å². The fourth-order valence-corrected chi connectivity index (χ4v) is 3.79. The molecule has 0 saturated carbocycles. The Kier molecular flexibility index (Phi) is 6.02. The minimum Gasteiger partial charge on any atom is -0.435 e. The minimum atomic E-state index is -0.887. The number of ether oxygens (including phenoxy) is 1. The SMILES string of the molecule is Cn1ccc2c(Oc3ccc(NC(=O)c4nn(-c5ccc(Br)cc5F)ccc4=O)cc3F)ncnc21. The number of amides is 1. The van der Waals surface area contributed by atoms with E-state index >= 15 is 0 Å². The second-order valence-electron chi connectivity index (χ2n) is 7.61. The van der Waals surface area contributed by atoms with Gasteiger partial charge in [0.2, 0.25) is 11.3 Å². The first kappa shape index (κ1) is 23.3. The number of anilines is 1. The lowest BCUT2D eigenvalue weighted by molar-refractivity contribution is 0.101. The first-order valence-corrected chi connectivity index (χ1v) is 11.2. The third kappa shape index (κ3) is 4.45. The number of rotatable bonds is 5. The molecule has 1 N–H and O–H groups in total. The second-order valence-corrected chi connectivity index (χ2v) is 8.53. The van der Waals surface area contributed by atoms with E-state index in [0.29, 0.717) is 15.5 Å². The Morgan fingerprint density at radius 1 is 1.03 bits per heavy atom. The molecule has 0 aliphatic heterocycles. The molecule has 3 aromatic heterocycles. The van der Waals surface area contributed by atoms with Gasteiger partial charge < -0.3 is 14.6 Å². The van der Waals surface area contributed by atoms with Crippen LogP contribution in [-0.2, 0) is 7.05 Å². The Balaban J connectivity index is 1.38. The molecule has 0 aliphatic rings. The molecule has 5 aromatic rings. The number of nitrogens with one attached hydrogen (secondary N) is 1. The Hall–Kier alpha value is -4.45. The molecule has 5 rings (SSSR count). The van der Waals surface area contributed by atoms with Crippen LogP contribution >= 0.6 is 15.9 Å². The van der Waals surface area contributed by atoms with Crippen LogP contribution < -0.4 is 15.5 Å². The lowest BCUT2D eigenvalue weighted by Crippen LogP contribution is -2.25. The zero-order valence-electron chi connectivity index (χ0n) is 18.4. The van der Waals surface area contributed by atoms with Gasteiger partial charge in [-0.3, -0.25) is 9.59 Å². The van der Waals surface area contributed by atoms with Crippen LogP contribution in [0.2, 0.25) is 0 Å². The minimum absolute atomic E-state index is 0.0389. The maximum absolute atomic E-state index is 14.8. The second kappa shape index (κ2) is 9.30. The summed E-state index contributed by atoms with van der Waals surface area (Å²) in [5.74, 6) is -2.22. The summed E-state index contributed by atoms with van der Waals surface area (Å²) in [4.78, 5) is 33.2. The Morgan fingerprint density at radius 2 is 1.86 bits per heavy atom.